The quantitative estimate of drug-likeness (QED) is 0.626. The lowest BCUT2D eigenvalue weighted by molar-refractivity contribution is -0.115. The van der Waals surface area contributed by atoms with E-state index in [2.05, 4.69) is 31.8 Å². The number of imidazole rings is 1. The van der Waals surface area contributed by atoms with E-state index in [-0.39, 0.29) is 23.4 Å². The van der Waals surface area contributed by atoms with Gasteiger partial charge in [-0.2, -0.15) is 9.97 Å². The van der Waals surface area contributed by atoms with Gasteiger partial charge in [0.05, 0.1) is 6.33 Å². The Bertz CT molecular complexity index is 550. The molecule has 1 amide bonds. The standard InChI is InChI=1S/C9H8ClN5O/c1-2-3-5(16)13-9-14-7(10)6-8(15-9)12-4-11-6/h2,4H,1,3H2,(H2,11,12,13,14,15,16). The van der Waals surface area contributed by atoms with Crippen molar-refractivity contribution in [3.63, 3.8) is 0 Å². The second kappa shape index (κ2) is 4.28. The third-order valence-corrected chi connectivity index (χ3v) is 2.10. The highest BCUT2D eigenvalue weighted by molar-refractivity contribution is 6.33. The number of rotatable bonds is 3. The zero-order chi connectivity index (χ0) is 11.5. The summed E-state index contributed by atoms with van der Waals surface area (Å²) < 4.78 is 0. The number of aromatic nitrogens is 4. The molecule has 0 aliphatic rings. The molecule has 0 fully saturated rings. The van der Waals surface area contributed by atoms with Crippen LogP contribution in [0, 0.1) is 0 Å². The molecule has 7 heteroatoms. The second-order valence-electron chi connectivity index (χ2n) is 2.98. The number of amides is 1. The summed E-state index contributed by atoms with van der Waals surface area (Å²) in [5.74, 6) is -0.114. The van der Waals surface area contributed by atoms with Crippen LogP contribution >= 0.6 is 11.6 Å². The number of hydrogen-bond donors (Lipinski definition) is 2. The normalized spacial score (nSPS) is 10.3. The number of aromatic amines is 1. The van der Waals surface area contributed by atoms with Crippen molar-refractivity contribution >= 4 is 34.6 Å². The SMILES string of the molecule is C=CCC(=O)Nc1nc(Cl)c2[nH]cnc2n1. The van der Waals surface area contributed by atoms with Crippen molar-refractivity contribution in [2.45, 2.75) is 6.42 Å². The Hall–Kier alpha value is -1.95. The zero-order valence-electron chi connectivity index (χ0n) is 8.20. The van der Waals surface area contributed by atoms with Crippen LogP contribution in [-0.2, 0) is 4.79 Å². The number of H-pyrrole nitrogens is 1. The summed E-state index contributed by atoms with van der Waals surface area (Å²) in [4.78, 5) is 25.9. The molecule has 0 spiro atoms. The summed E-state index contributed by atoms with van der Waals surface area (Å²) in [7, 11) is 0. The van der Waals surface area contributed by atoms with Crippen LogP contribution in [0.4, 0.5) is 5.95 Å². The van der Waals surface area contributed by atoms with Crippen molar-refractivity contribution < 1.29 is 4.79 Å². The van der Waals surface area contributed by atoms with Crippen molar-refractivity contribution in [3.8, 4) is 0 Å². The molecule has 0 aliphatic heterocycles. The maximum Gasteiger partial charge on any atom is 0.233 e. The van der Waals surface area contributed by atoms with Crippen LogP contribution in [0.15, 0.2) is 19.0 Å². The van der Waals surface area contributed by atoms with Crippen LogP contribution in [0.2, 0.25) is 5.15 Å². The number of nitrogens with one attached hydrogen (secondary N) is 2. The number of hydrogen-bond acceptors (Lipinski definition) is 4. The van der Waals surface area contributed by atoms with Gasteiger partial charge in [-0.1, -0.05) is 17.7 Å². The first-order valence-electron chi connectivity index (χ1n) is 4.48. The summed E-state index contributed by atoms with van der Waals surface area (Å²) in [5, 5.41) is 2.71. The lowest BCUT2D eigenvalue weighted by Gasteiger charge is -2.01. The molecule has 0 aromatic carbocycles. The van der Waals surface area contributed by atoms with Crippen molar-refractivity contribution in [1.29, 1.82) is 0 Å². The number of anilines is 1. The highest BCUT2D eigenvalue weighted by Crippen LogP contribution is 2.18. The first kappa shape index (κ1) is 10.6. The smallest absolute Gasteiger partial charge is 0.233 e. The van der Waals surface area contributed by atoms with Crippen LogP contribution in [0.1, 0.15) is 6.42 Å². The van der Waals surface area contributed by atoms with E-state index in [1.807, 2.05) is 0 Å². The van der Waals surface area contributed by atoms with E-state index in [4.69, 9.17) is 11.6 Å². The van der Waals surface area contributed by atoms with Crippen LogP contribution in [0.3, 0.4) is 0 Å². The van der Waals surface area contributed by atoms with Crippen molar-refractivity contribution in [3.05, 3.63) is 24.1 Å². The van der Waals surface area contributed by atoms with Gasteiger partial charge in [0.1, 0.15) is 5.52 Å². The Kier molecular flexibility index (Phi) is 2.82. The number of carbonyl (C=O) groups excluding carboxylic acids is 1. The fraction of sp³-hybridized carbons (Fsp3) is 0.111. The van der Waals surface area contributed by atoms with E-state index >= 15 is 0 Å². The van der Waals surface area contributed by atoms with Gasteiger partial charge >= 0.3 is 0 Å². The molecular formula is C9H8ClN5O. The predicted octanol–water partition coefficient (Wildman–Crippen LogP) is 1.52. The average molecular weight is 238 g/mol. The Morgan fingerprint density at radius 3 is 3.19 bits per heavy atom. The Morgan fingerprint density at radius 2 is 2.44 bits per heavy atom. The Morgan fingerprint density at radius 1 is 1.62 bits per heavy atom. The van der Waals surface area contributed by atoms with Crippen molar-refractivity contribution in [2.75, 3.05) is 5.32 Å². The summed E-state index contributed by atoms with van der Waals surface area (Å²) >= 11 is 5.87. The number of fused-ring (bicyclic) bond motifs is 1. The minimum Gasteiger partial charge on any atom is -0.341 e. The maximum absolute atomic E-state index is 11.3. The molecule has 2 aromatic heterocycles. The lowest BCUT2D eigenvalue weighted by Crippen LogP contribution is -2.12. The summed E-state index contributed by atoms with van der Waals surface area (Å²) in [6, 6.07) is 0. The van der Waals surface area contributed by atoms with Crippen LogP contribution in [-0.4, -0.2) is 25.8 Å². The minimum absolute atomic E-state index is 0.136. The van der Waals surface area contributed by atoms with E-state index < -0.39 is 0 Å². The fourth-order valence-electron chi connectivity index (χ4n) is 1.16. The predicted molar refractivity (Wildman–Crippen MR) is 60.1 cm³/mol. The van der Waals surface area contributed by atoms with Gasteiger partial charge in [0.25, 0.3) is 0 Å². The third-order valence-electron chi connectivity index (χ3n) is 1.82. The Balaban J connectivity index is 2.31. The van der Waals surface area contributed by atoms with Gasteiger partial charge in [-0.3, -0.25) is 10.1 Å². The van der Waals surface area contributed by atoms with Gasteiger partial charge in [0.2, 0.25) is 11.9 Å². The zero-order valence-corrected chi connectivity index (χ0v) is 8.95. The average Bonchev–Trinajstić information content (AvgIpc) is 2.66. The Labute approximate surface area is 95.8 Å². The highest BCUT2D eigenvalue weighted by Gasteiger charge is 2.09. The van der Waals surface area contributed by atoms with E-state index in [1.165, 1.54) is 12.4 Å². The molecule has 0 aliphatic carbocycles. The van der Waals surface area contributed by atoms with Gasteiger partial charge < -0.3 is 4.98 Å². The highest BCUT2D eigenvalue weighted by atomic mass is 35.5. The van der Waals surface area contributed by atoms with Gasteiger partial charge in [-0.15, -0.1) is 6.58 Å². The van der Waals surface area contributed by atoms with Crippen LogP contribution < -0.4 is 5.32 Å². The fourth-order valence-corrected chi connectivity index (χ4v) is 1.38. The molecule has 0 bridgehead atoms. The first-order chi connectivity index (χ1) is 7.70. The van der Waals surface area contributed by atoms with E-state index in [1.54, 1.807) is 0 Å². The van der Waals surface area contributed by atoms with E-state index in [9.17, 15) is 4.79 Å². The van der Waals surface area contributed by atoms with Gasteiger partial charge in [0.15, 0.2) is 10.8 Å². The third kappa shape index (κ3) is 2.01. The first-order valence-corrected chi connectivity index (χ1v) is 4.86. The molecule has 2 aromatic rings. The van der Waals surface area contributed by atoms with E-state index in [0.717, 1.165) is 0 Å². The van der Waals surface area contributed by atoms with Crippen LogP contribution in [0.25, 0.3) is 11.2 Å². The minimum atomic E-state index is -0.249. The van der Waals surface area contributed by atoms with Gasteiger partial charge in [-0.05, 0) is 0 Å². The second-order valence-corrected chi connectivity index (χ2v) is 3.34. The summed E-state index contributed by atoms with van der Waals surface area (Å²) in [5.41, 5.74) is 0.956. The number of nitrogens with zero attached hydrogens (tertiary/aromatic N) is 3. The molecule has 6 nitrogen and oxygen atoms in total. The van der Waals surface area contributed by atoms with Crippen molar-refractivity contribution in [1.82, 2.24) is 19.9 Å². The monoisotopic (exact) mass is 237 g/mol. The summed E-state index contributed by atoms with van der Waals surface area (Å²) in [6.07, 6.45) is 3.14. The molecule has 0 radical (unpaired) electrons. The molecule has 2 N–H and O–H groups in total. The lowest BCUT2D eigenvalue weighted by atomic mass is 10.4. The van der Waals surface area contributed by atoms with Gasteiger partial charge in [0, 0.05) is 6.42 Å². The molecule has 0 unspecified atom stereocenters. The largest absolute Gasteiger partial charge is 0.341 e. The molecule has 2 heterocycles. The number of halogens is 1. The molecule has 0 atom stereocenters. The van der Waals surface area contributed by atoms with Crippen molar-refractivity contribution in [2.24, 2.45) is 0 Å². The molecule has 0 saturated heterocycles. The number of carbonyl (C=O) groups is 1. The molecular weight excluding hydrogens is 230 g/mol. The summed E-state index contributed by atoms with van der Waals surface area (Å²) in [6.45, 7) is 3.46. The van der Waals surface area contributed by atoms with Crippen LogP contribution in [0.5, 0.6) is 0 Å². The molecule has 2 rings (SSSR count). The van der Waals surface area contributed by atoms with E-state index in [0.29, 0.717) is 11.2 Å². The molecule has 0 saturated carbocycles. The van der Waals surface area contributed by atoms with Gasteiger partial charge in [-0.25, -0.2) is 4.98 Å². The maximum atomic E-state index is 11.3. The molecule has 16 heavy (non-hydrogen) atoms. The topological polar surface area (TPSA) is 83.6 Å². The molecule has 82 valence electrons.